The molecule has 15 heavy (non-hydrogen) atoms. The van der Waals surface area contributed by atoms with E-state index < -0.39 is 11.9 Å². The zero-order valence-electron chi connectivity index (χ0n) is 10.1. The number of rotatable bonds is 5. The van der Waals surface area contributed by atoms with Gasteiger partial charge in [-0.2, -0.15) is 5.92 Å². The summed E-state index contributed by atoms with van der Waals surface area (Å²) in [4.78, 5) is 22.3. The minimum Gasteiger partial charge on any atom is -0.491 e. The molecule has 5 heteroatoms. The summed E-state index contributed by atoms with van der Waals surface area (Å²) in [5.41, 5.74) is 0. The first-order chi connectivity index (χ1) is 6.52. The number of ether oxygens (including phenoxy) is 2. The van der Waals surface area contributed by atoms with E-state index in [1.165, 1.54) is 14.2 Å². The fourth-order valence-corrected chi connectivity index (χ4v) is 0.967. The normalized spacial score (nSPS) is 9.13. The molecule has 4 nitrogen and oxygen atoms in total. The molecule has 0 aliphatic rings. The zero-order chi connectivity index (χ0) is 11.1. The van der Waals surface area contributed by atoms with Crippen molar-refractivity contribution in [3.05, 3.63) is 5.92 Å². The van der Waals surface area contributed by atoms with Crippen molar-refractivity contribution in [2.75, 3.05) is 14.2 Å². The fraction of sp³-hybridized carbons (Fsp3) is 0.700. The minimum absolute atomic E-state index is 0. The summed E-state index contributed by atoms with van der Waals surface area (Å²) in [6.45, 7) is 4.04. The Labute approximate surface area is 113 Å². The zero-order valence-corrected chi connectivity index (χ0v) is 12.1. The van der Waals surface area contributed by atoms with Gasteiger partial charge in [-0.1, -0.05) is 20.3 Å². The van der Waals surface area contributed by atoms with Gasteiger partial charge < -0.3 is 9.47 Å². The minimum atomic E-state index is -0.600. The summed E-state index contributed by atoms with van der Waals surface area (Å²) < 4.78 is 8.98. The number of methoxy groups -OCH3 is 2. The molecule has 0 atom stereocenters. The standard InChI is InChI=1S/C10H17O4.Na/c1-7(2)5-6-8(9(11)13-3)10(12)14-4;/h7H,5-6H2,1-4H3;/q-1;+1. The largest absolute Gasteiger partial charge is 1.00 e. The number of hydrogen-bond acceptors (Lipinski definition) is 4. The van der Waals surface area contributed by atoms with Gasteiger partial charge in [0.25, 0.3) is 0 Å². The number of carbonyl (C=O) groups is 2. The van der Waals surface area contributed by atoms with Gasteiger partial charge in [-0.25, -0.2) is 0 Å². The number of hydrogen-bond donors (Lipinski definition) is 0. The van der Waals surface area contributed by atoms with Crippen molar-refractivity contribution in [2.24, 2.45) is 5.92 Å². The molecular formula is C10H17NaO4. The Hall–Kier alpha value is -0.190. The van der Waals surface area contributed by atoms with Crippen molar-refractivity contribution in [3.63, 3.8) is 0 Å². The summed E-state index contributed by atoms with van der Waals surface area (Å²) in [5.74, 6) is -0.682. The van der Waals surface area contributed by atoms with E-state index in [0.717, 1.165) is 6.42 Å². The quantitative estimate of drug-likeness (QED) is 0.243. The Bertz CT molecular complexity index is 188. The summed E-state index contributed by atoms with van der Waals surface area (Å²) in [6, 6.07) is 0. The van der Waals surface area contributed by atoms with Crippen LogP contribution < -0.4 is 29.6 Å². The van der Waals surface area contributed by atoms with Gasteiger partial charge in [0, 0.05) is 0 Å². The molecule has 0 saturated heterocycles. The predicted octanol–water partition coefficient (Wildman–Crippen LogP) is -1.65. The first kappa shape index (κ1) is 17.2. The molecule has 0 aromatic heterocycles. The van der Waals surface area contributed by atoms with Crippen molar-refractivity contribution in [1.29, 1.82) is 0 Å². The number of carbonyl (C=O) groups excluding carboxylic acids is 2. The second-order valence-corrected chi connectivity index (χ2v) is 3.39. The molecule has 0 aliphatic carbocycles. The van der Waals surface area contributed by atoms with E-state index in [1.54, 1.807) is 0 Å². The first-order valence-electron chi connectivity index (χ1n) is 4.55. The van der Waals surface area contributed by atoms with E-state index in [1.807, 2.05) is 13.8 Å². The van der Waals surface area contributed by atoms with Crippen LogP contribution in [0, 0.1) is 11.8 Å². The third-order valence-electron chi connectivity index (χ3n) is 1.84. The maximum atomic E-state index is 11.2. The molecule has 0 heterocycles. The third kappa shape index (κ3) is 6.82. The Balaban J connectivity index is 0. The Kier molecular flexibility index (Phi) is 10.4. The van der Waals surface area contributed by atoms with Crippen LogP contribution in [0.4, 0.5) is 0 Å². The molecular weight excluding hydrogens is 207 g/mol. The second-order valence-electron chi connectivity index (χ2n) is 3.39. The topological polar surface area (TPSA) is 52.6 Å². The van der Waals surface area contributed by atoms with E-state index in [-0.39, 0.29) is 35.5 Å². The average Bonchev–Trinajstić information content (AvgIpc) is 2.16. The average molecular weight is 224 g/mol. The van der Waals surface area contributed by atoms with Crippen molar-refractivity contribution in [3.8, 4) is 0 Å². The Morgan fingerprint density at radius 3 is 1.80 bits per heavy atom. The second kappa shape index (κ2) is 9.07. The smallest absolute Gasteiger partial charge is 0.491 e. The van der Waals surface area contributed by atoms with Crippen LogP contribution in [0.25, 0.3) is 0 Å². The van der Waals surface area contributed by atoms with Crippen molar-refractivity contribution >= 4 is 11.9 Å². The predicted molar refractivity (Wildman–Crippen MR) is 51.3 cm³/mol. The van der Waals surface area contributed by atoms with Crippen molar-refractivity contribution < 1.29 is 48.6 Å². The van der Waals surface area contributed by atoms with Gasteiger partial charge in [0.1, 0.15) is 0 Å². The molecule has 0 rings (SSSR count). The van der Waals surface area contributed by atoms with Gasteiger partial charge in [-0.3, -0.25) is 9.59 Å². The van der Waals surface area contributed by atoms with Crippen molar-refractivity contribution in [2.45, 2.75) is 26.7 Å². The van der Waals surface area contributed by atoms with Gasteiger partial charge in [0.2, 0.25) is 0 Å². The van der Waals surface area contributed by atoms with Crippen LogP contribution in [-0.2, 0) is 19.1 Å². The van der Waals surface area contributed by atoms with Crippen LogP contribution in [0.15, 0.2) is 0 Å². The van der Waals surface area contributed by atoms with Crippen LogP contribution >= 0.6 is 0 Å². The molecule has 0 bridgehead atoms. The van der Waals surface area contributed by atoms with Gasteiger partial charge in [0.15, 0.2) is 11.9 Å². The van der Waals surface area contributed by atoms with Crippen LogP contribution in [0.3, 0.4) is 0 Å². The molecule has 0 unspecified atom stereocenters. The monoisotopic (exact) mass is 224 g/mol. The van der Waals surface area contributed by atoms with Gasteiger partial charge in [-0.05, 0) is 5.92 Å². The molecule has 0 aromatic rings. The Morgan fingerprint density at radius 1 is 1.13 bits per heavy atom. The van der Waals surface area contributed by atoms with E-state index in [0.29, 0.717) is 12.3 Å². The van der Waals surface area contributed by atoms with Gasteiger partial charge in [0.05, 0.1) is 14.2 Å². The third-order valence-corrected chi connectivity index (χ3v) is 1.84. The molecule has 0 amide bonds. The molecule has 0 radical (unpaired) electrons. The van der Waals surface area contributed by atoms with E-state index in [4.69, 9.17) is 0 Å². The molecule has 0 N–H and O–H groups in total. The summed E-state index contributed by atoms with van der Waals surface area (Å²) in [6.07, 6.45) is 1.16. The summed E-state index contributed by atoms with van der Waals surface area (Å²) >= 11 is 0. The maximum Gasteiger partial charge on any atom is 1.00 e. The van der Waals surface area contributed by atoms with Crippen LogP contribution in [0.2, 0.25) is 0 Å². The fourth-order valence-electron chi connectivity index (χ4n) is 0.967. The van der Waals surface area contributed by atoms with E-state index in [2.05, 4.69) is 9.47 Å². The molecule has 0 aromatic carbocycles. The molecule has 0 spiro atoms. The van der Waals surface area contributed by atoms with Gasteiger partial charge >= 0.3 is 29.6 Å². The number of esters is 2. The molecule has 0 saturated carbocycles. The van der Waals surface area contributed by atoms with Crippen LogP contribution in [-0.4, -0.2) is 26.2 Å². The Morgan fingerprint density at radius 2 is 1.53 bits per heavy atom. The maximum absolute atomic E-state index is 11.2. The SMILES string of the molecule is COC(=O)[C-](CCC(C)C)C(=O)OC.[Na+]. The summed E-state index contributed by atoms with van der Waals surface area (Å²) in [7, 11) is 2.50. The molecule has 0 aliphatic heterocycles. The molecule has 0 fully saturated rings. The van der Waals surface area contributed by atoms with Crippen LogP contribution in [0.5, 0.6) is 0 Å². The van der Waals surface area contributed by atoms with Gasteiger partial charge in [-0.15, -0.1) is 6.42 Å². The van der Waals surface area contributed by atoms with Crippen molar-refractivity contribution in [1.82, 2.24) is 0 Å². The summed E-state index contributed by atoms with van der Waals surface area (Å²) in [5, 5.41) is 0. The molecule has 82 valence electrons. The first-order valence-corrected chi connectivity index (χ1v) is 4.55. The van der Waals surface area contributed by atoms with Crippen LogP contribution in [0.1, 0.15) is 26.7 Å². The van der Waals surface area contributed by atoms with E-state index in [9.17, 15) is 9.59 Å². The van der Waals surface area contributed by atoms with E-state index >= 15 is 0 Å².